The first kappa shape index (κ1) is 10.2. The van der Waals surface area contributed by atoms with Crippen LogP contribution in [-0.4, -0.2) is 28.8 Å². The van der Waals surface area contributed by atoms with E-state index in [1.165, 1.54) is 4.90 Å². The van der Waals surface area contributed by atoms with Crippen LogP contribution in [0.25, 0.3) is 0 Å². The van der Waals surface area contributed by atoms with E-state index < -0.39 is 6.10 Å². The number of nitrogens with zero attached hydrogens (tertiary/aromatic N) is 2. The number of amides is 1. The molecule has 5 nitrogen and oxygen atoms in total. The van der Waals surface area contributed by atoms with Gasteiger partial charge in [0.25, 0.3) is 0 Å². The molecule has 0 saturated carbocycles. The number of aliphatic hydroxyl groups is 1. The van der Waals surface area contributed by atoms with E-state index in [0.717, 1.165) is 5.69 Å². The fourth-order valence-electron chi connectivity index (χ4n) is 1.58. The largest absolute Gasteiger partial charge is 0.391 e. The van der Waals surface area contributed by atoms with Gasteiger partial charge in [-0.2, -0.15) is 0 Å². The maximum absolute atomic E-state index is 11.4. The number of β-amino-alcohol motifs (C(OH)–C–C–N with tert-alkyl or cyclic N) is 1. The number of carbonyl (C=O) groups is 1. The quantitative estimate of drug-likeness (QED) is 0.787. The van der Waals surface area contributed by atoms with Crippen LogP contribution in [0.3, 0.4) is 0 Å². The monoisotopic (exact) mass is 210 g/mol. The summed E-state index contributed by atoms with van der Waals surface area (Å²) in [6.45, 7) is 4.30. The molecule has 0 aromatic carbocycles. The highest BCUT2D eigenvalue weighted by molar-refractivity contribution is 5.94. The zero-order valence-electron chi connectivity index (χ0n) is 8.80. The Labute approximate surface area is 87.7 Å². The molecule has 1 saturated heterocycles. The van der Waals surface area contributed by atoms with Crippen LogP contribution in [0.15, 0.2) is 10.6 Å². The summed E-state index contributed by atoms with van der Waals surface area (Å²) in [6, 6.07) is 1.75. The Morgan fingerprint density at radius 2 is 2.40 bits per heavy atom. The standard InChI is InChI=1S/C10H14N2O3/c1-6(2)8-4-10(15-11-8)12-5-7(13)3-9(12)14/h4,6-7,13H,3,5H2,1-2H3. The lowest BCUT2D eigenvalue weighted by molar-refractivity contribution is -0.117. The SMILES string of the molecule is CC(C)c1cc(N2CC(O)CC2=O)on1. The molecular weight excluding hydrogens is 196 g/mol. The van der Waals surface area contributed by atoms with Crippen LogP contribution in [0.1, 0.15) is 31.9 Å². The van der Waals surface area contributed by atoms with Crippen molar-refractivity contribution >= 4 is 11.8 Å². The topological polar surface area (TPSA) is 66.6 Å². The van der Waals surface area contributed by atoms with Crippen LogP contribution in [0.2, 0.25) is 0 Å². The predicted octanol–water partition coefficient (Wildman–Crippen LogP) is 0.896. The van der Waals surface area contributed by atoms with Crippen molar-refractivity contribution in [3.05, 3.63) is 11.8 Å². The number of aliphatic hydroxyl groups excluding tert-OH is 1. The lowest BCUT2D eigenvalue weighted by atomic mass is 10.1. The molecule has 1 aromatic heterocycles. The minimum atomic E-state index is -0.593. The van der Waals surface area contributed by atoms with Crippen molar-refractivity contribution in [1.29, 1.82) is 0 Å². The molecule has 1 atom stereocenters. The molecule has 1 aromatic rings. The van der Waals surface area contributed by atoms with Crippen molar-refractivity contribution in [2.24, 2.45) is 0 Å². The van der Waals surface area contributed by atoms with E-state index in [4.69, 9.17) is 4.52 Å². The zero-order valence-corrected chi connectivity index (χ0v) is 8.80. The minimum absolute atomic E-state index is 0.117. The van der Waals surface area contributed by atoms with Crippen molar-refractivity contribution in [2.75, 3.05) is 11.4 Å². The van der Waals surface area contributed by atoms with Gasteiger partial charge in [-0.1, -0.05) is 19.0 Å². The van der Waals surface area contributed by atoms with Gasteiger partial charge in [0.05, 0.1) is 24.8 Å². The second-order valence-corrected chi connectivity index (χ2v) is 4.11. The third kappa shape index (κ3) is 1.87. The fraction of sp³-hybridized carbons (Fsp3) is 0.600. The first-order chi connectivity index (χ1) is 7.08. The van der Waals surface area contributed by atoms with E-state index >= 15 is 0 Å². The molecule has 0 bridgehead atoms. The van der Waals surface area contributed by atoms with E-state index in [1.807, 2.05) is 13.8 Å². The van der Waals surface area contributed by atoms with Gasteiger partial charge in [-0.15, -0.1) is 0 Å². The predicted molar refractivity (Wildman–Crippen MR) is 53.6 cm³/mol. The van der Waals surface area contributed by atoms with Crippen LogP contribution in [0, 0.1) is 0 Å². The summed E-state index contributed by atoms with van der Waals surface area (Å²) in [7, 11) is 0. The Bertz CT molecular complexity index is 372. The highest BCUT2D eigenvalue weighted by Gasteiger charge is 2.31. The average molecular weight is 210 g/mol. The Kier molecular flexibility index (Phi) is 2.48. The molecule has 0 radical (unpaired) electrons. The number of anilines is 1. The zero-order chi connectivity index (χ0) is 11.0. The third-order valence-corrected chi connectivity index (χ3v) is 2.48. The summed E-state index contributed by atoms with van der Waals surface area (Å²) in [6.07, 6.45) is -0.428. The van der Waals surface area contributed by atoms with Gasteiger partial charge in [0.1, 0.15) is 0 Å². The summed E-state index contributed by atoms with van der Waals surface area (Å²) in [5.41, 5.74) is 0.819. The Hall–Kier alpha value is -1.36. The van der Waals surface area contributed by atoms with Gasteiger partial charge < -0.3 is 9.63 Å². The number of hydrogen-bond donors (Lipinski definition) is 1. The Balaban J connectivity index is 2.19. The Morgan fingerprint density at radius 1 is 1.67 bits per heavy atom. The van der Waals surface area contributed by atoms with Crippen molar-refractivity contribution in [1.82, 2.24) is 5.16 Å². The molecule has 0 aliphatic carbocycles. The van der Waals surface area contributed by atoms with Crippen molar-refractivity contribution in [3.63, 3.8) is 0 Å². The van der Waals surface area contributed by atoms with E-state index in [0.29, 0.717) is 12.4 Å². The van der Waals surface area contributed by atoms with Crippen LogP contribution < -0.4 is 4.90 Å². The summed E-state index contributed by atoms with van der Waals surface area (Å²) in [4.78, 5) is 12.9. The van der Waals surface area contributed by atoms with E-state index in [1.54, 1.807) is 6.07 Å². The number of rotatable bonds is 2. The van der Waals surface area contributed by atoms with Crippen LogP contribution in [-0.2, 0) is 4.79 Å². The summed E-state index contributed by atoms with van der Waals surface area (Å²) >= 11 is 0. The van der Waals surface area contributed by atoms with Gasteiger partial charge >= 0.3 is 0 Å². The summed E-state index contributed by atoms with van der Waals surface area (Å²) in [5, 5.41) is 13.2. The number of carbonyl (C=O) groups excluding carboxylic acids is 1. The molecule has 1 fully saturated rings. The second kappa shape index (κ2) is 3.66. The maximum atomic E-state index is 11.4. The average Bonchev–Trinajstić information content (AvgIpc) is 2.71. The molecule has 5 heteroatoms. The van der Waals surface area contributed by atoms with E-state index in [2.05, 4.69) is 5.16 Å². The van der Waals surface area contributed by atoms with Crippen LogP contribution in [0.4, 0.5) is 5.88 Å². The molecule has 1 aliphatic rings. The molecule has 2 rings (SSSR count). The van der Waals surface area contributed by atoms with E-state index in [-0.39, 0.29) is 18.2 Å². The first-order valence-electron chi connectivity index (χ1n) is 5.03. The van der Waals surface area contributed by atoms with Crippen molar-refractivity contribution in [2.45, 2.75) is 32.3 Å². The third-order valence-electron chi connectivity index (χ3n) is 2.48. The van der Waals surface area contributed by atoms with Gasteiger partial charge in [-0.3, -0.25) is 9.69 Å². The minimum Gasteiger partial charge on any atom is -0.391 e. The fourth-order valence-corrected chi connectivity index (χ4v) is 1.58. The molecule has 15 heavy (non-hydrogen) atoms. The maximum Gasteiger partial charge on any atom is 0.234 e. The lowest BCUT2D eigenvalue weighted by Gasteiger charge is -2.09. The van der Waals surface area contributed by atoms with Crippen LogP contribution in [0.5, 0.6) is 0 Å². The normalized spacial score (nSPS) is 21.7. The molecule has 82 valence electrons. The molecule has 0 spiro atoms. The first-order valence-corrected chi connectivity index (χ1v) is 5.03. The summed E-state index contributed by atoms with van der Waals surface area (Å²) in [5.74, 6) is 0.583. The van der Waals surface area contributed by atoms with Crippen molar-refractivity contribution < 1.29 is 14.4 Å². The van der Waals surface area contributed by atoms with Gasteiger partial charge in [0.15, 0.2) is 0 Å². The Morgan fingerprint density at radius 3 is 2.87 bits per heavy atom. The molecule has 1 N–H and O–H groups in total. The number of hydrogen-bond acceptors (Lipinski definition) is 4. The number of aromatic nitrogens is 1. The van der Waals surface area contributed by atoms with Gasteiger partial charge in [0.2, 0.25) is 11.8 Å². The molecule has 2 heterocycles. The van der Waals surface area contributed by atoms with Gasteiger partial charge in [-0.25, -0.2) is 0 Å². The van der Waals surface area contributed by atoms with Crippen LogP contribution >= 0.6 is 0 Å². The van der Waals surface area contributed by atoms with Gasteiger partial charge in [-0.05, 0) is 5.92 Å². The smallest absolute Gasteiger partial charge is 0.234 e. The molecule has 1 amide bonds. The molecular formula is C10H14N2O3. The highest BCUT2D eigenvalue weighted by Crippen LogP contribution is 2.25. The molecule has 1 aliphatic heterocycles. The molecule has 1 unspecified atom stereocenters. The van der Waals surface area contributed by atoms with E-state index in [9.17, 15) is 9.90 Å². The van der Waals surface area contributed by atoms with Gasteiger partial charge in [0, 0.05) is 6.07 Å². The van der Waals surface area contributed by atoms with Crippen molar-refractivity contribution in [3.8, 4) is 0 Å². The summed E-state index contributed by atoms with van der Waals surface area (Å²) < 4.78 is 5.07. The highest BCUT2D eigenvalue weighted by atomic mass is 16.5. The second-order valence-electron chi connectivity index (χ2n) is 4.11. The lowest BCUT2D eigenvalue weighted by Crippen LogP contribution is -2.24.